The molecule has 12 nitrogen and oxygen atoms in total. The van der Waals surface area contributed by atoms with Gasteiger partial charge >= 0.3 is 11.9 Å². The highest BCUT2D eigenvalue weighted by Gasteiger charge is 2.41. The number of nitrogens with one attached hydrogen (secondary N) is 1. The number of Topliss-reactive ketones (excluding diaryl/α,β-unsaturated/α-hetero) is 1. The number of hydrogen-bond donors (Lipinski definition) is 3. The van der Waals surface area contributed by atoms with E-state index in [9.17, 15) is 24.4 Å². The zero-order valence-electron chi connectivity index (χ0n) is 22.7. The summed E-state index contributed by atoms with van der Waals surface area (Å²) in [7, 11) is 1.29. The molecule has 1 amide bonds. The van der Waals surface area contributed by atoms with Gasteiger partial charge in [0.2, 0.25) is 11.0 Å². The second kappa shape index (κ2) is 12.5. The number of rotatable bonds is 8. The number of carboxylic acids is 1. The Morgan fingerprint density at radius 3 is 2.49 bits per heavy atom. The van der Waals surface area contributed by atoms with Crippen molar-refractivity contribution in [3.05, 3.63) is 87.9 Å². The van der Waals surface area contributed by atoms with Crippen LogP contribution < -0.4 is 16.0 Å². The zero-order chi connectivity index (χ0) is 30.7. The number of nitrogens with zero attached hydrogens (tertiary/aromatic N) is 4. The molecule has 3 aromatic rings. The Balaban J connectivity index is 1.38. The van der Waals surface area contributed by atoms with Crippen LogP contribution in [0.3, 0.4) is 0 Å². The Hall–Kier alpha value is -5.00. The number of esters is 1. The fraction of sp³-hybridized carbons (Fsp3) is 0.207. The standard InChI is InChI=1S/C29H24N6O6S2/c1-41-27(40)17-7-5-15(6-8-17)23-19(13-30)25(31)35(20-3-2-4-21(36)24(20)23)28-33-34-29(43-28)42-14-22(37)32-18-11-9-16(10-12-18)26(38)39/h5-12,23H,2-4,14,31H2,1H3,(H,32,37)(H,38,39). The highest BCUT2D eigenvalue weighted by Crippen LogP contribution is 2.47. The molecule has 0 spiro atoms. The fourth-order valence-corrected chi connectivity index (χ4v) is 6.62. The van der Waals surface area contributed by atoms with Crippen molar-refractivity contribution in [1.82, 2.24) is 10.2 Å². The summed E-state index contributed by atoms with van der Waals surface area (Å²) in [6, 6.07) is 14.5. The van der Waals surface area contributed by atoms with Crippen LogP contribution in [0, 0.1) is 11.3 Å². The van der Waals surface area contributed by atoms with Crippen LogP contribution in [0.1, 0.15) is 51.5 Å². The number of methoxy groups -OCH3 is 1. The molecule has 4 N–H and O–H groups in total. The van der Waals surface area contributed by atoms with Crippen molar-refractivity contribution in [2.75, 3.05) is 23.1 Å². The number of thioether (sulfide) groups is 1. The number of carbonyl (C=O) groups is 4. The van der Waals surface area contributed by atoms with Gasteiger partial charge in [-0.05, 0) is 54.8 Å². The molecule has 1 atom stereocenters. The molecule has 0 radical (unpaired) electrons. The van der Waals surface area contributed by atoms with E-state index >= 15 is 0 Å². The largest absolute Gasteiger partial charge is 0.478 e. The molecule has 2 aromatic carbocycles. The second-order valence-electron chi connectivity index (χ2n) is 9.50. The van der Waals surface area contributed by atoms with Crippen LogP contribution in [0.4, 0.5) is 10.8 Å². The van der Waals surface area contributed by atoms with Gasteiger partial charge in [0, 0.05) is 23.4 Å². The third kappa shape index (κ3) is 5.99. The summed E-state index contributed by atoms with van der Waals surface area (Å²) >= 11 is 2.32. The summed E-state index contributed by atoms with van der Waals surface area (Å²) in [4.78, 5) is 50.4. The fourth-order valence-electron chi connectivity index (χ4n) is 4.94. The number of nitrogens with two attached hydrogens (primary N) is 1. The second-order valence-corrected chi connectivity index (χ2v) is 11.7. The Kier molecular flexibility index (Phi) is 8.56. The third-order valence-corrected chi connectivity index (χ3v) is 8.95. The molecule has 1 aliphatic carbocycles. The summed E-state index contributed by atoms with van der Waals surface area (Å²) in [5.74, 6) is -2.53. The van der Waals surface area contributed by atoms with Gasteiger partial charge in [0.05, 0.1) is 41.5 Å². The van der Waals surface area contributed by atoms with Crippen LogP contribution in [-0.2, 0) is 14.3 Å². The van der Waals surface area contributed by atoms with E-state index in [1.165, 1.54) is 42.7 Å². The first-order chi connectivity index (χ1) is 20.7. The quantitative estimate of drug-likeness (QED) is 0.244. The van der Waals surface area contributed by atoms with Crippen molar-refractivity contribution in [2.24, 2.45) is 5.73 Å². The van der Waals surface area contributed by atoms with E-state index in [2.05, 4.69) is 21.6 Å². The lowest BCUT2D eigenvalue weighted by Gasteiger charge is -2.38. The smallest absolute Gasteiger partial charge is 0.337 e. The highest BCUT2D eigenvalue weighted by molar-refractivity contribution is 8.01. The number of aromatic nitrogens is 2. The van der Waals surface area contributed by atoms with Crippen LogP contribution >= 0.6 is 23.1 Å². The van der Waals surface area contributed by atoms with Crippen LogP contribution in [0.15, 0.2) is 75.5 Å². The molecule has 0 bridgehead atoms. The van der Waals surface area contributed by atoms with Crippen molar-refractivity contribution in [3.63, 3.8) is 0 Å². The van der Waals surface area contributed by atoms with Crippen LogP contribution in [0.25, 0.3) is 0 Å². The zero-order valence-corrected chi connectivity index (χ0v) is 24.3. The van der Waals surface area contributed by atoms with Crippen LogP contribution in [-0.4, -0.2) is 51.8 Å². The number of aromatic carboxylic acids is 1. The Morgan fingerprint density at radius 1 is 1.14 bits per heavy atom. The summed E-state index contributed by atoms with van der Waals surface area (Å²) in [6.45, 7) is 0. The number of ether oxygens (including phenoxy) is 1. The van der Waals surface area contributed by atoms with Gasteiger partial charge < -0.3 is 20.9 Å². The van der Waals surface area contributed by atoms with Crippen molar-refractivity contribution in [2.45, 2.75) is 29.5 Å². The molecular formula is C29H24N6O6S2. The first-order valence-electron chi connectivity index (χ1n) is 13.0. The maximum absolute atomic E-state index is 13.3. The Bertz CT molecular complexity index is 1720. The average Bonchev–Trinajstić information content (AvgIpc) is 3.48. The van der Waals surface area contributed by atoms with Gasteiger partial charge in [-0.3, -0.25) is 14.5 Å². The molecule has 43 heavy (non-hydrogen) atoms. The SMILES string of the molecule is COC(=O)c1ccc(C2C(C#N)=C(N)N(c3nnc(SCC(=O)Nc4ccc(C(=O)O)cc4)s3)C3=C2C(=O)CCC3)cc1. The third-order valence-electron chi connectivity index (χ3n) is 6.91. The van der Waals surface area contributed by atoms with Crippen LogP contribution in [0.5, 0.6) is 0 Å². The number of allylic oxidation sites excluding steroid dienone is 3. The molecule has 5 rings (SSSR count). The predicted octanol–water partition coefficient (Wildman–Crippen LogP) is 4.06. The lowest BCUT2D eigenvalue weighted by Crippen LogP contribution is -2.38. The van der Waals surface area contributed by atoms with Gasteiger partial charge in [-0.2, -0.15) is 5.26 Å². The number of benzene rings is 2. The topological polar surface area (TPSA) is 189 Å². The van der Waals surface area contributed by atoms with Gasteiger partial charge in [-0.25, -0.2) is 9.59 Å². The maximum Gasteiger partial charge on any atom is 0.337 e. The summed E-state index contributed by atoms with van der Waals surface area (Å²) in [5.41, 5.74) is 9.42. The van der Waals surface area contributed by atoms with Crippen molar-refractivity contribution < 1.29 is 29.0 Å². The molecule has 0 saturated carbocycles. The molecule has 2 aliphatic rings. The normalized spacial score (nSPS) is 16.4. The molecule has 1 aliphatic heterocycles. The van der Waals surface area contributed by atoms with Gasteiger partial charge in [0.1, 0.15) is 5.82 Å². The van der Waals surface area contributed by atoms with Gasteiger partial charge in [0.25, 0.3) is 0 Å². The molecule has 1 unspecified atom stereocenters. The van der Waals surface area contributed by atoms with E-state index in [0.29, 0.717) is 56.8 Å². The number of carboxylic acid groups (broad SMARTS) is 1. The van der Waals surface area contributed by atoms with E-state index in [4.69, 9.17) is 15.6 Å². The Morgan fingerprint density at radius 2 is 1.84 bits per heavy atom. The lowest BCUT2D eigenvalue weighted by atomic mass is 9.75. The number of carbonyl (C=O) groups excluding carboxylic acids is 3. The number of hydrogen-bond acceptors (Lipinski definition) is 12. The molecule has 2 heterocycles. The number of amides is 1. The van der Waals surface area contributed by atoms with Gasteiger partial charge in [-0.1, -0.05) is 35.2 Å². The molecular weight excluding hydrogens is 592 g/mol. The lowest BCUT2D eigenvalue weighted by molar-refractivity contribution is -0.116. The van der Waals surface area contributed by atoms with E-state index < -0.39 is 17.9 Å². The molecule has 0 fully saturated rings. The highest BCUT2D eigenvalue weighted by atomic mass is 32.2. The average molecular weight is 617 g/mol. The van der Waals surface area contributed by atoms with Gasteiger partial charge in [-0.15, -0.1) is 10.2 Å². The monoisotopic (exact) mass is 616 g/mol. The molecule has 14 heteroatoms. The van der Waals surface area contributed by atoms with Crippen molar-refractivity contribution in [3.8, 4) is 6.07 Å². The summed E-state index contributed by atoms with van der Waals surface area (Å²) in [5, 5.41) is 30.7. The Labute approximate surface area is 253 Å². The van der Waals surface area contributed by atoms with E-state index in [1.54, 1.807) is 29.2 Å². The molecule has 1 aromatic heterocycles. The molecule has 0 saturated heterocycles. The molecule has 218 valence electrons. The minimum atomic E-state index is -1.06. The maximum atomic E-state index is 13.3. The number of anilines is 2. The van der Waals surface area contributed by atoms with E-state index in [1.807, 2.05) is 0 Å². The first kappa shape index (κ1) is 29.5. The minimum Gasteiger partial charge on any atom is -0.478 e. The first-order valence-corrected chi connectivity index (χ1v) is 14.8. The minimum absolute atomic E-state index is 0.0140. The number of nitriles is 1. The van der Waals surface area contributed by atoms with Crippen molar-refractivity contribution >= 4 is 57.5 Å². The van der Waals surface area contributed by atoms with Gasteiger partial charge in [0.15, 0.2) is 10.1 Å². The van der Waals surface area contributed by atoms with Crippen LogP contribution in [0.2, 0.25) is 0 Å². The summed E-state index contributed by atoms with van der Waals surface area (Å²) in [6.07, 6.45) is 1.46. The number of ketones is 1. The summed E-state index contributed by atoms with van der Waals surface area (Å²) < 4.78 is 5.25. The van der Waals surface area contributed by atoms with E-state index in [0.717, 1.165) is 11.8 Å². The van der Waals surface area contributed by atoms with Crippen molar-refractivity contribution in [1.29, 1.82) is 5.26 Å². The van der Waals surface area contributed by atoms with E-state index in [-0.39, 0.29) is 34.4 Å². The predicted molar refractivity (Wildman–Crippen MR) is 158 cm³/mol.